The molecule has 0 saturated carbocycles. The minimum atomic E-state index is -5.08. The second-order valence-electron chi connectivity index (χ2n) is 6.02. The normalized spacial score (nSPS) is 13.1. The second-order valence-corrected chi connectivity index (χ2v) is 6.90. The van der Waals surface area contributed by atoms with Crippen LogP contribution < -0.4 is 10.1 Å². The van der Waals surface area contributed by atoms with Crippen molar-refractivity contribution in [3.05, 3.63) is 42.0 Å². The number of nitrogens with zero attached hydrogens (tertiary/aromatic N) is 1. The van der Waals surface area contributed by atoms with Gasteiger partial charge in [0.1, 0.15) is 6.61 Å². The molecule has 0 bridgehead atoms. The lowest BCUT2D eigenvalue weighted by Crippen LogP contribution is -2.21. The molecular weight excluding hydrogens is 482 g/mol. The number of ether oxygens (including phenoxy) is 1. The first-order chi connectivity index (χ1) is 15.3. The maximum atomic E-state index is 10.6. The lowest BCUT2D eigenvalue weighted by atomic mass is 10.1. The van der Waals surface area contributed by atoms with E-state index in [2.05, 4.69) is 53.0 Å². The number of alkyl halides is 6. The van der Waals surface area contributed by atoms with E-state index in [1.54, 1.807) is 11.8 Å². The standard InChI is InChI=1S/C15H16N2OS.2C2HF3O2/c1-19-13-5-2-11(3-6-13)14-7-4-12-10-16-8-9-18-15(12)17-14;2*3-2(4,5)1(6)7/h2-7,16H,8-10H2,1H3;2*(H,6,7). The van der Waals surface area contributed by atoms with Crippen LogP contribution in [0.5, 0.6) is 5.88 Å². The van der Waals surface area contributed by atoms with Crippen molar-refractivity contribution < 1.29 is 50.9 Å². The van der Waals surface area contributed by atoms with E-state index in [4.69, 9.17) is 24.5 Å². The fourth-order valence-electron chi connectivity index (χ4n) is 2.09. The highest BCUT2D eigenvalue weighted by Gasteiger charge is 2.38. The van der Waals surface area contributed by atoms with Crippen LogP contribution in [0.4, 0.5) is 26.3 Å². The minimum Gasteiger partial charge on any atom is -0.476 e. The van der Waals surface area contributed by atoms with Crippen molar-refractivity contribution in [2.24, 2.45) is 0 Å². The lowest BCUT2D eigenvalue weighted by Gasteiger charge is -2.08. The molecule has 0 aliphatic carbocycles. The highest BCUT2D eigenvalue weighted by molar-refractivity contribution is 7.98. The molecule has 0 saturated heterocycles. The van der Waals surface area contributed by atoms with Gasteiger partial charge in [0.25, 0.3) is 0 Å². The molecule has 0 fully saturated rings. The number of aromatic nitrogens is 1. The Morgan fingerprint density at radius 1 is 0.970 bits per heavy atom. The molecule has 1 aromatic carbocycles. The van der Waals surface area contributed by atoms with Crippen LogP contribution in [0.3, 0.4) is 0 Å². The Hall–Kier alpha value is -3.00. The Bertz CT molecular complexity index is 912. The van der Waals surface area contributed by atoms with Gasteiger partial charge in [-0.1, -0.05) is 18.2 Å². The van der Waals surface area contributed by atoms with Crippen LogP contribution in [0.25, 0.3) is 11.3 Å². The van der Waals surface area contributed by atoms with Crippen molar-refractivity contribution in [2.75, 3.05) is 19.4 Å². The molecule has 0 atom stereocenters. The molecule has 2 heterocycles. The average Bonchev–Trinajstić information content (AvgIpc) is 2.98. The molecule has 1 aromatic heterocycles. The summed E-state index contributed by atoms with van der Waals surface area (Å²) in [5.41, 5.74) is 3.22. The molecule has 0 unspecified atom stereocenters. The lowest BCUT2D eigenvalue weighted by molar-refractivity contribution is -0.193. The highest BCUT2D eigenvalue weighted by Crippen LogP contribution is 2.26. The Labute approximate surface area is 187 Å². The molecule has 3 rings (SSSR count). The predicted octanol–water partition coefficient (Wildman–Crippen LogP) is 4.22. The van der Waals surface area contributed by atoms with E-state index < -0.39 is 24.3 Å². The SMILES string of the molecule is CSc1ccc(-c2ccc3c(n2)OCCNC3)cc1.O=C(O)C(F)(F)F.O=C(O)C(F)(F)F. The van der Waals surface area contributed by atoms with Crippen molar-refractivity contribution in [1.82, 2.24) is 10.3 Å². The molecule has 14 heteroatoms. The van der Waals surface area contributed by atoms with E-state index in [9.17, 15) is 26.3 Å². The smallest absolute Gasteiger partial charge is 0.476 e. The molecule has 182 valence electrons. The first kappa shape index (κ1) is 28.0. The van der Waals surface area contributed by atoms with Gasteiger partial charge in [-0.2, -0.15) is 26.3 Å². The fraction of sp³-hybridized carbons (Fsp3) is 0.316. The summed E-state index contributed by atoms with van der Waals surface area (Å²) >= 11 is 1.74. The van der Waals surface area contributed by atoms with E-state index >= 15 is 0 Å². The number of benzene rings is 1. The number of hydrogen-bond donors (Lipinski definition) is 3. The monoisotopic (exact) mass is 500 g/mol. The van der Waals surface area contributed by atoms with Crippen LogP contribution in [0.2, 0.25) is 0 Å². The minimum absolute atomic E-state index is 0.675. The third-order valence-corrected chi connectivity index (χ3v) is 4.39. The van der Waals surface area contributed by atoms with Crippen LogP contribution in [0.15, 0.2) is 41.3 Å². The number of hydrogen-bond acceptors (Lipinski definition) is 6. The third-order valence-electron chi connectivity index (χ3n) is 3.64. The van der Waals surface area contributed by atoms with Gasteiger partial charge in [0.15, 0.2) is 0 Å². The quantitative estimate of drug-likeness (QED) is 0.416. The molecule has 1 aliphatic heterocycles. The van der Waals surface area contributed by atoms with Crippen LogP contribution in [0.1, 0.15) is 5.56 Å². The molecule has 7 nitrogen and oxygen atoms in total. The topological polar surface area (TPSA) is 109 Å². The van der Waals surface area contributed by atoms with Crippen LogP contribution in [-0.2, 0) is 16.1 Å². The second kappa shape index (κ2) is 12.3. The number of carboxylic acid groups (broad SMARTS) is 2. The van der Waals surface area contributed by atoms with E-state index in [1.807, 2.05) is 0 Å². The van der Waals surface area contributed by atoms with Crippen molar-refractivity contribution in [3.63, 3.8) is 0 Å². The van der Waals surface area contributed by atoms with Crippen LogP contribution in [0, 0.1) is 0 Å². The number of thioether (sulfide) groups is 1. The van der Waals surface area contributed by atoms with Crippen LogP contribution >= 0.6 is 11.8 Å². The summed E-state index contributed by atoms with van der Waals surface area (Å²) < 4.78 is 69.1. The predicted molar refractivity (Wildman–Crippen MR) is 106 cm³/mol. The maximum absolute atomic E-state index is 10.6. The van der Waals surface area contributed by atoms with Crippen molar-refractivity contribution >= 4 is 23.7 Å². The summed E-state index contributed by atoms with van der Waals surface area (Å²) in [5.74, 6) is -4.75. The summed E-state index contributed by atoms with van der Waals surface area (Å²) in [4.78, 5) is 23.7. The Balaban J connectivity index is 0.000000324. The molecule has 0 radical (unpaired) electrons. The summed E-state index contributed by atoms with van der Waals surface area (Å²) in [6.07, 6.45) is -8.09. The summed E-state index contributed by atoms with van der Waals surface area (Å²) in [7, 11) is 0. The van der Waals surface area contributed by atoms with E-state index in [1.165, 1.54) is 4.90 Å². The van der Waals surface area contributed by atoms with Gasteiger partial charge in [-0.25, -0.2) is 14.6 Å². The van der Waals surface area contributed by atoms with Gasteiger partial charge in [-0.3, -0.25) is 0 Å². The van der Waals surface area contributed by atoms with Gasteiger partial charge in [0.2, 0.25) is 5.88 Å². The number of nitrogens with one attached hydrogen (secondary N) is 1. The van der Waals surface area contributed by atoms with Gasteiger partial charge in [-0.15, -0.1) is 11.8 Å². The van der Waals surface area contributed by atoms with Crippen molar-refractivity contribution in [1.29, 1.82) is 0 Å². The van der Waals surface area contributed by atoms with Gasteiger partial charge in [-0.05, 0) is 24.5 Å². The summed E-state index contributed by atoms with van der Waals surface area (Å²) in [5, 5.41) is 17.6. The number of pyridine rings is 1. The van der Waals surface area contributed by atoms with Gasteiger partial charge < -0.3 is 20.3 Å². The van der Waals surface area contributed by atoms with E-state index in [0.29, 0.717) is 6.61 Å². The molecular formula is C19H18F6N2O5S. The van der Waals surface area contributed by atoms with Gasteiger partial charge >= 0.3 is 24.3 Å². The first-order valence-electron chi connectivity index (χ1n) is 8.83. The summed E-state index contributed by atoms with van der Waals surface area (Å²) in [6, 6.07) is 12.6. The number of rotatable bonds is 2. The maximum Gasteiger partial charge on any atom is 0.490 e. The van der Waals surface area contributed by atoms with Gasteiger partial charge in [0.05, 0.1) is 5.69 Å². The zero-order chi connectivity index (χ0) is 25.2. The highest BCUT2D eigenvalue weighted by atomic mass is 32.2. The molecule has 0 amide bonds. The molecule has 33 heavy (non-hydrogen) atoms. The van der Waals surface area contributed by atoms with Crippen LogP contribution in [-0.4, -0.2) is 58.9 Å². The van der Waals surface area contributed by atoms with Gasteiger partial charge in [0, 0.05) is 29.1 Å². The first-order valence-corrected chi connectivity index (χ1v) is 10.1. The molecule has 2 aromatic rings. The fourth-order valence-corrected chi connectivity index (χ4v) is 2.50. The Kier molecular flexibility index (Phi) is 10.4. The number of fused-ring (bicyclic) bond motifs is 1. The number of halogens is 6. The number of carboxylic acids is 2. The Morgan fingerprint density at radius 2 is 1.48 bits per heavy atom. The largest absolute Gasteiger partial charge is 0.490 e. The zero-order valence-electron chi connectivity index (χ0n) is 16.8. The summed E-state index contributed by atoms with van der Waals surface area (Å²) in [6.45, 7) is 2.37. The molecule has 1 aliphatic rings. The van der Waals surface area contributed by atoms with Crippen molar-refractivity contribution in [2.45, 2.75) is 23.8 Å². The molecule has 0 spiro atoms. The Morgan fingerprint density at radius 3 is 1.94 bits per heavy atom. The van der Waals surface area contributed by atoms with Crippen molar-refractivity contribution in [3.8, 4) is 17.1 Å². The number of carbonyl (C=O) groups is 2. The number of aliphatic carboxylic acids is 2. The van der Waals surface area contributed by atoms with E-state index in [0.717, 1.165) is 35.8 Å². The third kappa shape index (κ3) is 9.99. The zero-order valence-corrected chi connectivity index (χ0v) is 17.6. The van der Waals surface area contributed by atoms with E-state index in [-0.39, 0.29) is 0 Å². The average molecular weight is 500 g/mol. The molecule has 3 N–H and O–H groups in total.